The van der Waals surface area contributed by atoms with Crippen molar-refractivity contribution in [1.82, 2.24) is 0 Å². The van der Waals surface area contributed by atoms with E-state index in [0.717, 1.165) is 102 Å². The smallest absolute Gasteiger partial charge is 0.373 e. The minimum absolute atomic E-state index is 0.753. The van der Waals surface area contributed by atoms with E-state index >= 15 is 0 Å². The van der Waals surface area contributed by atoms with E-state index in [0.29, 0.717) is 0 Å². The summed E-state index contributed by atoms with van der Waals surface area (Å²) in [6.45, 7) is 17.4. The van der Waals surface area contributed by atoms with Crippen LogP contribution in [0.3, 0.4) is 0 Å². The minimum atomic E-state index is -2.44. The summed E-state index contributed by atoms with van der Waals surface area (Å²) in [5, 5.41) is 1.12. The van der Waals surface area contributed by atoms with E-state index in [2.05, 4.69) is 80.1 Å². The molecule has 42 heavy (non-hydrogen) atoms. The molecule has 0 aliphatic carbocycles. The van der Waals surface area contributed by atoms with Gasteiger partial charge in [-0.25, -0.2) is 0 Å². The van der Waals surface area contributed by atoms with Gasteiger partial charge in [-0.1, -0.05) is 119 Å². The third-order valence-corrected chi connectivity index (χ3v) is 13.5. The van der Waals surface area contributed by atoms with Crippen molar-refractivity contribution in [2.75, 3.05) is 49.4 Å². The maximum Gasteiger partial charge on any atom is 0.500 e. The average molecular weight is 814 g/mol. The van der Waals surface area contributed by atoms with Crippen LogP contribution in [0.4, 0.5) is 0 Å². The van der Waals surface area contributed by atoms with Crippen molar-refractivity contribution in [2.24, 2.45) is 0 Å². The molecule has 0 aromatic heterocycles. The van der Waals surface area contributed by atoms with Crippen molar-refractivity contribution in [3.8, 4) is 0 Å². The first-order valence-corrected chi connectivity index (χ1v) is 24.0. The van der Waals surface area contributed by atoms with Crippen LogP contribution in [0.2, 0.25) is 12.1 Å². The molecule has 0 bridgehead atoms. The predicted octanol–water partition coefficient (Wildman–Crippen LogP) is 11.1. The zero-order chi connectivity index (χ0) is 31.6. The summed E-state index contributed by atoms with van der Waals surface area (Å²) in [6.07, 6.45) is 18.9. The van der Waals surface area contributed by atoms with E-state index in [1.165, 1.54) is 62.2 Å². The summed E-state index contributed by atoms with van der Waals surface area (Å²) in [6, 6.07) is 1.96. The number of unbranched alkanes of at least 4 members (excludes halogenated alkanes) is 8. The van der Waals surface area contributed by atoms with Crippen molar-refractivity contribution in [1.29, 1.82) is 0 Å². The summed E-state index contributed by atoms with van der Waals surface area (Å²) in [4.78, 5) is 0. The quantitative estimate of drug-likeness (QED) is 0.0292. The lowest BCUT2D eigenvalue weighted by Gasteiger charge is -2.29. The largest absolute Gasteiger partial charge is 0.500 e. The Kier molecular flexibility index (Phi) is 38.2. The molecule has 0 unspecified atom stereocenters. The van der Waals surface area contributed by atoms with Gasteiger partial charge < -0.3 is 26.6 Å². The van der Waals surface area contributed by atoms with Crippen LogP contribution in [0.15, 0.2) is 0 Å². The first-order chi connectivity index (χ1) is 20.5. The second-order valence-electron chi connectivity index (χ2n) is 10.9. The molecule has 0 fully saturated rings. The molecule has 0 amide bonds. The number of halogens is 2. The van der Waals surface area contributed by atoms with E-state index in [9.17, 15) is 0 Å². The van der Waals surface area contributed by atoms with Gasteiger partial charge in [-0.05, 0) is 68.6 Å². The van der Waals surface area contributed by atoms with Gasteiger partial charge in [0.25, 0.3) is 0 Å². The molecule has 0 radical (unpaired) electrons. The summed E-state index contributed by atoms with van der Waals surface area (Å²) in [5.74, 6) is 0. The lowest BCUT2D eigenvalue weighted by atomic mass is 10.2. The van der Waals surface area contributed by atoms with Crippen LogP contribution < -0.4 is 0 Å². The fourth-order valence-electron chi connectivity index (χ4n) is 4.16. The Hall–Kier alpha value is 1.40. The molecule has 10 heteroatoms. The topological polar surface area (TPSA) is 55.4 Å². The van der Waals surface area contributed by atoms with Gasteiger partial charge in [0, 0.05) is 57.1 Å². The van der Waals surface area contributed by atoms with Gasteiger partial charge in [0.2, 0.25) is 0 Å². The molecule has 0 N–H and O–H groups in total. The fraction of sp³-hybridized carbons (Fsp3) is 1.00. The molecule has 0 saturated heterocycles. The fourth-order valence-corrected chi connectivity index (χ4v) is 10.9. The van der Waals surface area contributed by atoms with Gasteiger partial charge in [0.15, 0.2) is 0 Å². The molecule has 0 rings (SSSR count). The first kappa shape index (κ1) is 45.5. The molecule has 0 heterocycles. The van der Waals surface area contributed by atoms with Gasteiger partial charge in [-0.3, -0.25) is 0 Å². The van der Waals surface area contributed by atoms with Crippen LogP contribution >= 0.6 is 38.5 Å². The summed E-state index contributed by atoms with van der Waals surface area (Å²) in [7, 11) is -4.86. The molecule has 0 saturated carbocycles. The van der Waals surface area contributed by atoms with E-state index in [1.807, 2.05) is 0 Å². The van der Waals surface area contributed by atoms with Crippen LogP contribution in [-0.2, 0) is 26.6 Å². The Morgan fingerprint density at radius 3 is 0.929 bits per heavy atom. The second kappa shape index (κ2) is 35.3. The molecule has 0 aromatic carbocycles. The minimum Gasteiger partial charge on any atom is -0.373 e. The molecule has 0 spiro atoms. The molecular formula is C32H70BrIO6Si2. The van der Waals surface area contributed by atoms with Crippen LogP contribution in [0.5, 0.6) is 0 Å². The van der Waals surface area contributed by atoms with Crippen molar-refractivity contribution < 1.29 is 26.6 Å². The van der Waals surface area contributed by atoms with Crippen LogP contribution in [-0.4, -0.2) is 67.0 Å². The average Bonchev–Trinajstić information content (AvgIpc) is 3.01. The Morgan fingerprint density at radius 2 is 0.667 bits per heavy atom. The van der Waals surface area contributed by atoms with Crippen molar-refractivity contribution in [3.63, 3.8) is 0 Å². The predicted molar refractivity (Wildman–Crippen MR) is 197 cm³/mol. The highest BCUT2D eigenvalue weighted by molar-refractivity contribution is 14.1. The second-order valence-corrected chi connectivity index (χ2v) is 18.2. The molecule has 0 aliphatic heterocycles. The lowest BCUT2D eigenvalue weighted by molar-refractivity contribution is 0.0580. The number of hydrogen-bond acceptors (Lipinski definition) is 6. The summed E-state index contributed by atoms with van der Waals surface area (Å²) < 4.78 is 37.9. The first-order valence-electron chi connectivity index (χ1n) is 17.4. The summed E-state index contributed by atoms with van der Waals surface area (Å²) >= 11 is 5.94. The van der Waals surface area contributed by atoms with Crippen molar-refractivity contribution >= 4 is 56.1 Å². The number of hydrogen-bond donors (Lipinski definition) is 0. The SMILES string of the molecule is CCCO[Si](CCCCCCCBr)(OCCC)OCCC.CCCO[Si](CCCCCCCI)(OCCC)OCCC. The van der Waals surface area contributed by atoms with Gasteiger partial charge in [-0.2, -0.15) is 0 Å². The third-order valence-electron chi connectivity index (χ3n) is 6.39. The van der Waals surface area contributed by atoms with E-state index < -0.39 is 17.6 Å². The highest BCUT2D eigenvalue weighted by Crippen LogP contribution is 2.23. The zero-order valence-electron chi connectivity index (χ0n) is 28.6. The number of alkyl halides is 2. The Labute approximate surface area is 286 Å². The number of rotatable bonds is 32. The molecule has 0 atom stereocenters. The summed E-state index contributed by atoms with van der Waals surface area (Å²) in [5.41, 5.74) is 0. The zero-order valence-corrected chi connectivity index (χ0v) is 34.3. The van der Waals surface area contributed by atoms with Crippen molar-refractivity contribution in [3.05, 3.63) is 0 Å². The monoisotopic (exact) mass is 812 g/mol. The maximum absolute atomic E-state index is 6.10. The van der Waals surface area contributed by atoms with Gasteiger partial charge in [0.1, 0.15) is 0 Å². The molecule has 6 nitrogen and oxygen atoms in total. The third kappa shape index (κ3) is 27.7. The van der Waals surface area contributed by atoms with E-state index in [1.54, 1.807) is 0 Å². The van der Waals surface area contributed by atoms with Crippen LogP contribution in [0, 0.1) is 0 Å². The highest BCUT2D eigenvalue weighted by atomic mass is 127. The molecule has 256 valence electrons. The molecule has 0 aliphatic rings. The van der Waals surface area contributed by atoms with E-state index in [4.69, 9.17) is 26.6 Å². The van der Waals surface area contributed by atoms with E-state index in [-0.39, 0.29) is 0 Å². The normalized spacial score (nSPS) is 12.0. The van der Waals surface area contributed by atoms with Gasteiger partial charge in [0.05, 0.1) is 0 Å². The van der Waals surface area contributed by atoms with Gasteiger partial charge in [-0.15, -0.1) is 0 Å². The Balaban J connectivity index is 0. The maximum atomic E-state index is 6.10. The van der Waals surface area contributed by atoms with Crippen LogP contribution in [0.1, 0.15) is 144 Å². The Morgan fingerprint density at radius 1 is 0.405 bits per heavy atom. The van der Waals surface area contributed by atoms with Crippen molar-refractivity contribution in [2.45, 2.75) is 156 Å². The highest BCUT2D eigenvalue weighted by Gasteiger charge is 2.41. The molecular weight excluding hydrogens is 743 g/mol. The van der Waals surface area contributed by atoms with Crippen LogP contribution in [0.25, 0.3) is 0 Å². The standard InChI is InChI=1S/C16H35BrO3Si.C16H35IO3Si/c2*1-4-13-18-21(19-14-5-2,20-15-6-3)16-11-9-7-8-10-12-17/h2*4-16H2,1-3H3. The Bertz CT molecular complexity index is 438. The molecule has 0 aromatic rings. The van der Waals surface area contributed by atoms with Gasteiger partial charge >= 0.3 is 17.6 Å². The lowest BCUT2D eigenvalue weighted by Crippen LogP contribution is -2.46.